The van der Waals surface area contributed by atoms with E-state index in [9.17, 15) is 4.79 Å². The fourth-order valence-corrected chi connectivity index (χ4v) is 1.05. The van der Waals surface area contributed by atoms with Crippen LogP contribution in [0.3, 0.4) is 0 Å². The molecule has 0 atom stereocenters. The fourth-order valence-electron chi connectivity index (χ4n) is 0.670. The Bertz CT molecular complexity index is 283. The van der Waals surface area contributed by atoms with Gasteiger partial charge in [-0.05, 0) is 33.6 Å². The van der Waals surface area contributed by atoms with Crippen molar-refractivity contribution in [3.63, 3.8) is 0 Å². The third kappa shape index (κ3) is 2.63. The zero-order valence-electron chi connectivity index (χ0n) is 5.70. The number of allylic oxidation sites excluding steroid dienone is 1. The summed E-state index contributed by atoms with van der Waals surface area (Å²) in [4.78, 5) is 13.9. The van der Waals surface area contributed by atoms with Crippen LogP contribution >= 0.6 is 15.9 Å². The lowest BCUT2D eigenvalue weighted by atomic mass is 10.3. The van der Waals surface area contributed by atoms with Crippen molar-refractivity contribution in [3.05, 3.63) is 34.6 Å². The molecule has 0 radical (unpaired) electrons. The van der Waals surface area contributed by atoms with Crippen LogP contribution in [-0.4, -0.2) is 11.3 Å². The van der Waals surface area contributed by atoms with Crippen molar-refractivity contribution in [2.24, 2.45) is 0 Å². The molecule has 0 unspecified atom stereocenters. The lowest BCUT2D eigenvalue weighted by Crippen LogP contribution is -1.75. The summed E-state index contributed by atoms with van der Waals surface area (Å²) in [5, 5.41) is 0. The van der Waals surface area contributed by atoms with E-state index in [1.54, 1.807) is 18.5 Å². The van der Waals surface area contributed by atoms with Crippen LogP contribution in [0.2, 0.25) is 0 Å². The van der Waals surface area contributed by atoms with E-state index in [2.05, 4.69) is 20.9 Å². The molecule has 0 aliphatic carbocycles. The van der Waals surface area contributed by atoms with Gasteiger partial charge in [-0.25, -0.2) is 0 Å². The number of hydrogen-bond donors (Lipinski definition) is 0. The van der Waals surface area contributed by atoms with Crippen molar-refractivity contribution in [2.75, 3.05) is 0 Å². The van der Waals surface area contributed by atoms with E-state index >= 15 is 0 Å². The van der Waals surface area contributed by atoms with Crippen LogP contribution in [-0.2, 0) is 4.79 Å². The van der Waals surface area contributed by atoms with Crippen molar-refractivity contribution >= 4 is 28.3 Å². The maximum Gasteiger partial charge on any atom is 0.142 e. The Morgan fingerprint density at radius 3 is 2.91 bits per heavy atom. The number of aldehydes is 1. The first-order valence-electron chi connectivity index (χ1n) is 3.05. The molecular formula is C8H6BrNO. The highest BCUT2D eigenvalue weighted by Gasteiger charge is 1.87. The standard InChI is InChI=1S/C8H6BrNO/c9-8-4-7(2-1-3-11)5-10-6-8/h1-6H/b2-1+. The molecule has 0 aromatic carbocycles. The largest absolute Gasteiger partial charge is 0.299 e. The highest BCUT2D eigenvalue weighted by atomic mass is 79.9. The molecule has 0 aliphatic rings. The van der Waals surface area contributed by atoms with Gasteiger partial charge in [-0.3, -0.25) is 9.78 Å². The summed E-state index contributed by atoms with van der Waals surface area (Å²) in [5.74, 6) is 0. The highest BCUT2D eigenvalue weighted by molar-refractivity contribution is 9.10. The minimum atomic E-state index is 0.737. The van der Waals surface area contributed by atoms with Gasteiger partial charge in [0.05, 0.1) is 0 Å². The van der Waals surface area contributed by atoms with Gasteiger partial charge < -0.3 is 0 Å². The van der Waals surface area contributed by atoms with E-state index in [0.29, 0.717) is 0 Å². The minimum Gasteiger partial charge on any atom is -0.299 e. The van der Waals surface area contributed by atoms with Crippen molar-refractivity contribution in [3.8, 4) is 0 Å². The topological polar surface area (TPSA) is 30.0 Å². The lowest BCUT2D eigenvalue weighted by Gasteiger charge is -1.90. The average molecular weight is 212 g/mol. The van der Waals surface area contributed by atoms with Gasteiger partial charge >= 0.3 is 0 Å². The van der Waals surface area contributed by atoms with Crippen molar-refractivity contribution < 1.29 is 4.79 Å². The van der Waals surface area contributed by atoms with Crippen molar-refractivity contribution in [2.45, 2.75) is 0 Å². The SMILES string of the molecule is O=C/C=C/c1cncc(Br)c1. The Morgan fingerprint density at radius 1 is 1.45 bits per heavy atom. The van der Waals surface area contributed by atoms with Gasteiger partial charge in [0.1, 0.15) is 6.29 Å². The molecule has 1 rings (SSSR count). The van der Waals surface area contributed by atoms with Crippen LogP contribution in [0.25, 0.3) is 6.08 Å². The van der Waals surface area contributed by atoms with E-state index < -0.39 is 0 Å². The number of carbonyl (C=O) groups is 1. The van der Waals surface area contributed by atoms with Crippen LogP contribution in [0.5, 0.6) is 0 Å². The third-order valence-electron chi connectivity index (χ3n) is 1.09. The number of carbonyl (C=O) groups excluding carboxylic acids is 1. The van der Waals surface area contributed by atoms with Crippen LogP contribution < -0.4 is 0 Å². The second-order valence-corrected chi connectivity index (χ2v) is 2.85. The molecule has 0 spiro atoms. The summed E-state index contributed by atoms with van der Waals surface area (Å²) >= 11 is 3.27. The Balaban J connectivity index is 2.87. The summed E-state index contributed by atoms with van der Waals surface area (Å²) in [6.45, 7) is 0. The van der Waals surface area contributed by atoms with Crippen molar-refractivity contribution in [1.29, 1.82) is 0 Å². The van der Waals surface area contributed by atoms with E-state index in [1.807, 2.05) is 6.07 Å². The number of nitrogens with zero attached hydrogens (tertiary/aromatic N) is 1. The molecule has 0 bridgehead atoms. The predicted octanol–water partition coefficient (Wildman–Crippen LogP) is 2.06. The zero-order valence-corrected chi connectivity index (χ0v) is 7.28. The molecular weight excluding hydrogens is 206 g/mol. The monoisotopic (exact) mass is 211 g/mol. The van der Waals surface area contributed by atoms with Gasteiger partial charge in [-0.1, -0.05) is 6.08 Å². The summed E-state index contributed by atoms with van der Waals surface area (Å²) in [7, 11) is 0. The van der Waals surface area contributed by atoms with Gasteiger partial charge in [0.25, 0.3) is 0 Å². The second kappa shape index (κ2) is 4.03. The van der Waals surface area contributed by atoms with E-state index in [1.165, 1.54) is 6.08 Å². The third-order valence-corrected chi connectivity index (χ3v) is 1.53. The van der Waals surface area contributed by atoms with E-state index in [4.69, 9.17) is 0 Å². The predicted molar refractivity (Wildman–Crippen MR) is 47.0 cm³/mol. The van der Waals surface area contributed by atoms with E-state index in [0.717, 1.165) is 16.3 Å². The Hall–Kier alpha value is -0.960. The Labute approximate surface area is 73.1 Å². The smallest absolute Gasteiger partial charge is 0.142 e. The van der Waals surface area contributed by atoms with Crippen LogP contribution in [0, 0.1) is 0 Å². The second-order valence-electron chi connectivity index (χ2n) is 1.93. The van der Waals surface area contributed by atoms with Crippen molar-refractivity contribution in [1.82, 2.24) is 4.98 Å². The molecule has 0 N–H and O–H groups in total. The maximum atomic E-state index is 9.94. The molecule has 1 heterocycles. The van der Waals surface area contributed by atoms with Gasteiger partial charge in [0, 0.05) is 16.9 Å². The first-order chi connectivity index (χ1) is 5.33. The molecule has 56 valence electrons. The van der Waals surface area contributed by atoms with Crippen LogP contribution in [0.1, 0.15) is 5.56 Å². The van der Waals surface area contributed by atoms with Crippen LogP contribution in [0.4, 0.5) is 0 Å². The lowest BCUT2D eigenvalue weighted by molar-refractivity contribution is -0.104. The number of aromatic nitrogens is 1. The molecule has 0 aliphatic heterocycles. The zero-order chi connectivity index (χ0) is 8.10. The molecule has 0 amide bonds. The number of pyridine rings is 1. The summed E-state index contributed by atoms with van der Waals surface area (Å²) in [6.07, 6.45) is 7.25. The number of hydrogen-bond acceptors (Lipinski definition) is 2. The van der Waals surface area contributed by atoms with Gasteiger partial charge in [0.15, 0.2) is 0 Å². The highest BCUT2D eigenvalue weighted by Crippen LogP contribution is 2.10. The molecule has 0 saturated carbocycles. The summed E-state index contributed by atoms with van der Waals surface area (Å²) < 4.78 is 0.908. The number of rotatable bonds is 2. The molecule has 11 heavy (non-hydrogen) atoms. The minimum absolute atomic E-state index is 0.737. The maximum absolute atomic E-state index is 9.94. The Kier molecular flexibility index (Phi) is 2.98. The Morgan fingerprint density at radius 2 is 2.27 bits per heavy atom. The van der Waals surface area contributed by atoms with Crippen LogP contribution in [0.15, 0.2) is 29.0 Å². The van der Waals surface area contributed by atoms with Gasteiger partial charge in [-0.2, -0.15) is 0 Å². The molecule has 1 aromatic heterocycles. The van der Waals surface area contributed by atoms with E-state index in [-0.39, 0.29) is 0 Å². The molecule has 0 saturated heterocycles. The molecule has 1 aromatic rings. The fraction of sp³-hybridized carbons (Fsp3) is 0. The normalized spacial score (nSPS) is 10.3. The quantitative estimate of drug-likeness (QED) is 0.554. The average Bonchev–Trinajstić information content (AvgIpc) is 2.01. The first-order valence-corrected chi connectivity index (χ1v) is 3.84. The number of halogens is 1. The molecule has 0 fully saturated rings. The molecule has 3 heteroatoms. The summed E-state index contributed by atoms with van der Waals surface area (Å²) in [6, 6.07) is 1.88. The van der Waals surface area contributed by atoms with Gasteiger partial charge in [0.2, 0.25) is 0 Å². The van der Waals surface area contributed by atoms with Gasteiger partial charge in [-0.15, -0.1) is 0 Å². The first kappa shape index (κ1) is 8.14. The molecule has 2 nitrogen and oxygen atoms in total. The summed E-state index contributed by atoms with van der Waals surface area (Å²) in [5.41, 5.74) is 0.909.